The Bertz CT molecular complexity index is 1200. The lowest BCUT2D eigenvalue weighted by atomic mass is 10.1. The minimum absolute atomic E-state index is 0.171. The molecule has 1 amide bonds. The van der Waals surface area contributed by atoms with Crippen LogP contribution in [0.25, 0.3) is 0 Å². The topological polar surface area (TPSA) is 69.3 Å². The minimum Gasteiger partial charge on any atom is -0.486 e. The number of aryl methyl sites for hydroxylation is 1. The fraction of sp³-hybridized carbons (Fsp3) is 0.130. The molecule has 2 aromatic heterocycles. The van der Waals surface area contributed by atoms with E-state index in [0.717, 1.165) is 5.56 Å². The number of furan rings is 1. The predicted molar refractivity (Wildman–Crippen MR) is 123 cm³/mol. The number of nitrogens with zero attached hydrogens (tertiary/aromatic N) is 2. The lowest BCUT2D eigenvalue weighted by Crippen LogP contribution is -2.12. The first-order valence-electron chi connectivity index (χ1n) is 9.53. The largest absolute Gasteiger partial charge is 0.486 e. The van der Waals surface area contributed by atoms with E-state index in [2.05, 4.69) is 50.6 Å². The van der Waals surface area contributed by atoms with E-state index >= 15 is 0 Å². The van der Waals surface area contributed by atoms with E-state index in [1.807, 2.05) is 13.1 Å². The molecule has 0 aliphatic heterocycles. The Morgan fingerprint density at radius 2 is 2.00 bits per heavy atom. The summed E-state index contributed by atoms with van der Waals surface area (Å²) in [5.74, 6) is 1.34. The molecule has 0 radical (unpaired) electrons. The Morgan fingerprint density at radius 1 is 1.19 bits per heavy atom. The van der Waals surface area contributed by atoms with Gasteiger partial charge in [-0.3, -0.25) is 9.48 Å². The van der Waals surface area contributed by atoms with Crippen molar-refractivity contribution < 1.29 is 13.9 Å². The van der Waals surface area contributed by atoms with Gasteiger partial charge in [0.2, 0.25) is 0 Å². The maximum absolute atomic E-state index is 12.6. The van der Waals surface area contributed by atoms with Gasteiger partial charge in [0.05, 0.1) is 11.0 Å². The van der Waals surface area contributed by atoms with Crippen LogP contribution in [0.15, 0.2) is 75.8 Å². The second kappa shape index (κ2) is 9.41. The Kier molecular flexibility index (Phi) is 6.44. The molecule has 0 aliphatic carbocycles. The molecule has 8 heteroatoms. The van der Waals surface area contributed by atoms with Crippen LogP contribution in [-0.4, -0.2) is 15.7 Å². The average molecular weight is 501 g/mol. The van der Waals surface area contributed by atoms with Crippen molar-refractivity contribution in [2.24, 2.45) is 0 Å². The first-order chi connectivity index (χ1) is 15.0. The van der Waals surface area contributed by atoms with E-state index in [1.54, 1.807) is 41.1 Å². The molecule has 0 saturated heterocycles. The van der Waals surface area contributed by atoms with E-state index in [-0.39, 0.29) is 12.4 Å². The third-order valence-corrected chi connectivity index (χ3v) is 5.29. The number of amides is 1. The first kappa shape index (κ1) is 21.2. The van der Waals surface area contributed by atoms with Crippen molar-refractivity contribution in [2.45, 2.75) is 20.1 Å². The van der Waals surface area contributed by atoms with Crippen LogP contribution in [-0.2, 0) is 13.2 Å². The Labute approximate surface area is 192 Å². The lowest BCUT2D eigenvalue weighted by Gasteiger charge is -2.04. The van der Waals surface area contributed by atoms with Gasteiger partial charge in [0.25, 0.3) is 5.91 Å². The Morgan fingerprint density at radius 3 is 2.77 bits per heavy atom. The van der Waals surface area contributed by atoms with Gasteiger partial charge in [0.1, 0.15) is 18.1 Å². The second-order valence-electron chi connectivity index (χ2n) is 6.97. The molecule has 1 N–H and O–H groups in total. The fourth-order valence-corrected chi connectivity index (χ4v) is 3.50. The lowest BCUT2D eigenvalue weighted by molar-refractivity contribution is 0.0992. The number of aromatic nitrogens is 2. The van der Waals surface area contributed by atoms with Crippen LogP contribution in [0, 0.1) is 6.92 Å². The number of benzene rings is 2. The zero-order valence-electron chi connectivity index (χ0n) is 16.6. The van der Waals surface area contributed by atoms with Gasteiger partial charge in [0, 0.05) is 11.2 Å². The van der Waals surface area contributed by atoms with Gasteiger partial charge in [-0.15, -0.1) is 0 Å². The number of carbonyl (C=O) groups excluding carboxylic acids is 1. The summed E-state index contributed by atoms with van der Waals surface area (Å²) < 4.78 is 13.7. The molecule has 6 nitrogen and oxygen atoms in total. The van der Waals surface area contributed by atoms with Gasteiger partial charge >= 0.3 is 0 Å². The standard InChI is InChI=1S/C23H19BrClN3O3/c1-15-5-7-16(8-6-15)12-28-13-20(24)22(27-28)26-23(29)21-10-9-19(31-21)14-30-18-4-2-3-17(25)11-18/h2-11,13H,12,14H2,1H3,(H,26,27,29). The molecule has 2 aromatic carbocycles. The van der Waals surface area contributed by atoms with E-state index in [0.29, 0.717) is 33.4 Å². The van der Waals surface area contributed by atoms with Crippen LogP contribution in [0.5, 0.6) is 5.75 Å². The van der Waals surface area contributed by atoms with Crippen molar-refractivity contribution in [1.82, 2.24) is 9.78 Å². The molecule has 158 valence electrons. The van der Waals surface area contributed by atoms with Gasteiger partial charge in [-0.1, -0.05) is 47.5 Å². The van der Waals surface area contributed by atoms with Crippen LogP contribution in [0.3, 0.4) is 0 Å². The molecule has 0 atom stereocenters. The average Bonchev–Trinajstić information content (AvgIpc) is 3.35. The van der Waals surface area contributed by atoms with E-state index in [9.17, 15) is 4.79 Å². The number of ether oxygens (including phenoxy) is 1. The molecule has 0 bridgehead atoms. The number of anilines is 1. The van der Waals surface area contributed by atoms with Gasteiger partial charge < -0.3 is 14.5 Å². The van der Waals surface area contributed by atoms with Crippen molar-refractivity contribution in [3.05, 3.63) is 99.0 Å². The summed E-state index contributed by atoms with van der Waals surface area (Å²) in [5.41, 5.74) is 2.32. The SMILES string of the molecule is Cc1ccc(Cn2cc(Br)c(NC(=O)c3ccc(COc4cccc(Cl)c4)o3)n2)cc1. The summed E-state index contributed by atoms with van der Waals surface area (Å²) in [6.07, 6.45) is 1.82. The highest BCUT2D eigenvalue weighted by molar-refractivity contribution is 9.10. The predicted octanol–water partition coefficient (Wildman–Crippen LogP) is 6.08. The van der Waals surface area contributed by atoms with E-state index in [1.165, 1.54) is 5.56 Å². The molecule has 0 saturated carbocycles. The zero-order chi connectivity index (χ0) is 21.8. The monoisotopic (exact) mass is 499 g/mol. The summed E-state index contributed by atoms with van der Waals surface area (Å²) >= 11 is 9.39. The van der Waals surface area contributed by atoms with E-state index < -0.39 is 5.91 Å². The molecule has 2 heterocycles. The van der Waals surface area contributed by atoms with Crippen LogP contribution in [0.1, 0.15) is 27.4 Å². The molecular weight excluding hydrogens is 482 g/mol. The van der Waals surface area contributed by atoms with Gasteiger partial charge in [-0.2, -0.15) is 5.10 Å². The molecule has 0 fully saturated rings. The Hall–Kier alpha value is -3.03. The molecule has 31 heavy (non-hydrogen) atoms. The fourth-order valence-electron chi connectivity index (χ4n) is 2.90. The maximum Gasteiger partial charge on any atom is 0.292 e. The molecule has 0 aliphatic rings. The third-order valence-electron chi connectivity index (χ3n) is 4.48. The number of carbonyl (C=O) groups is 1. The third kappa shape index (κ3) is 5.57. The number of halogens is 2. The van der Waals surface area contributed by atoms with Gasteiger partial charge in [-0.25, -0.2) is 0 Å². The highest BCUT2D eigenvalue weighted by Crippen LogP contribution is 2.23. The maximum atomic E-state index is 12.6. The first-order valence-corrected chi connectivity index (χ1v) is 10.7. The van der Waals surface area contributed by atoms with Crippen molar-refractivity contribution in [1.29, 1.82) is 0 Å². The molecule has 4 rings (SSSR count). The van der Waals surface area contributed by atoms with Crippen molar-refractivity contribution in [2.75, 3.05) is 5.32 Å². The van der Waals surface area contributed by atoms with Crippen molar-refractivity contribution in [3.8, 4) is 5.75 Å². The second-order valence-corrected chi connectivity index (χ2v) is 8.27. The van der Waals surface area contributed by atoms with Crippen LogP contribution >= 0.6 is 27.5 Å². The van der Waals surface area contributed by atoms with E-state index in [4.69, 9.17) is 20.8 Å². The van der Waals surface area contributed by atoms with Crippen LogP contribution in [0.2, 0.25) is 5.02 Å². The normalized spacial score (nSPS) is 10.8. The summed E-state index contributed by atoms with van der Waals surface area (Å²) in [5, 5.41) is 7.80. The summed E-state index contributed by atoms with van der Waals surface area (Å²) in [6, 6.07) is 18.6. The van der Waals surface area contributed by atoms with Crippen LogP contribution in [0.4, 0.5) is 5.82 Å². The highest BCUT2D eigenvalue weighted by atomic mass is 79.9. The number of nitrogens with one attached hydrogen (secondary N) is 1. The highest BCUT2D eigenvalue weighted by Gasteiger charge is 2.16. The zero-order valence-corrected chi connectivity index (χ0v) is 19.0. The van der Waals surface area contributed by atoms with Crippen molar-refractivity contribution in [3.63, 3.8) is 0 Å². The smallest absolute Gasteiger partial charge is 0.292 e. The van der Waals surface area contributed by atoms with Gasteiger partial charge in [-0.05, 0) is 58.7 Å². The minimum atomic E-state index is -0.393. The molecule has 0 spiro atoms. The number of hydrogen-bond acceptors (Lipinski definition) is 4. The summed E-state index contributed by atoms with van der Waals surface area (Å²) in [4.78, 5) is 12.6. The molecular formula is C23H19BrClN3O3. The summed E-state index contributed by atoms with van der Waals surface area (Å²) in [7, 11) is 0. The van der Waals surface area contributed by atoms with Crippen LogP contribution < -0.4 is 10.1 Å². The van der Waals surface area contributed by atoms with Gasteiger partial charge in [0.15, 0.2) is 11.6 Å². The Balaban J connectivity index is 1.37. The number of hydrogen-bond donors (Lipinski definition) is 1. The molecule has 4 aromatic rings. The number of rotatable bonds is 7. The summed E-state index contributed by atoms with van der Waals surface area (Å²) in [6.45, 7) is 2.83. The van der Waals surface area contributed by atoms with Crippen molar-refractivity contribution >= 4 is 39.3 Å². The quantitative estimate of drug-likeness (QED) is 0.334. The molecule has 0 unspecified atom stereocenters.